The van der Waals surface area contributed by atoms with E-state index in [4.69, 9.17) is 9.84 Å². The lowest BCUT2D eigenvalue weighted by Crippen LogP contribution is -2.38. The highest BCUT2D eigenvalue weighted by molar-refractivity contribution is 5.80. The van der Waals surface area contributed by atoms with Crippen molar-refractivity contribution in [3.05, 3.63) is 42.1 Å². The fourth-order valence-corrected chi connectivity index (χ4v) is 5.79. The molecule has 1 aliphatic heterocycles. The van der Waals surface area contributed by atoms with Gasteiger partial charge in [0.05, 0.1) is 34.7 Å². The summed E-state index contributed by atoms with van der Waals surface area (Å²) in [5.41, 5.74) is 0.783. The zero-order valence-electron chi connectivity index (χ0n) is 18.8. The second-order valence-corrected chi connectivity index (χ2v) is 9.83. The number of nitrogens with one attached hydrogen (secondary N) is 1. The largest absolute Gasteiger partial charge is 0.481 e. The maximum absolute atomic E-state index is 13.0. The van der Waals surface area contributed by atoms with Crippen LogP contribution in [0.1, 0.15) is 31.2 Å². The molecule has 4 atom stereocenters. The Morgan fingerprint density at radius 2 is 1.83 bits per heavy atom. The van der Waals surface area contributed by atoms with E-state index in [1.165, 1.54) is 6.07 Å². The molecule has 7 nitrogen and oxygen atoms in total. The number of halogens is 3. The maximum atomic E-state index is 13.0. The summed E-state index contributed by atoms with van der Waals surface area (Å²) in [6, 6.07) is 7.25. The number of rotatable bonds is 5. The van der Waals surface area contributed by atoms with E-state index in [9.17, 15) is 18.0 Å². The molecule has 0 unspecified atom stereocenters. The molecule has 184 valence electrons. The first kappa shape index (κ1) is 22.3. The molecule has 3 aromatic rings. The smallest absolute Gasteiger partial charge is 0.416 e. The van der Waals surface area contributed by atoms with Gasteiger partial charge in [0.15, 0.2) is 0 Å². The molecule has 2 aliphatic carbocycles. The van der Waals surface area contributed by atoms with Crippen molar-refractivity contribution in [2.75, 3.05) is 18.0 Å². The van der Waals surface area contributed by atoms with E-state index in [1.807, 2.05) is 12.1 Å². The van der Waals surface area contributed by atoms with Crippen molar-refractivity contribution in [2.45, 2.75) is 44.1 Å². The SMILES string of the molecule is O=C(O)[C@H]1[C@@H]2C[C@H](OC3CCN(c4ccc(-c5nc6cc(C(F)(F)F)ccc6[nH]5)cn4)CC3)C[C@@H]21. The van der Waals surface area contributed by atoms with Crippen LogP contribution in [0.5, 0.6) is 0 Å². The molecule has 0 radical (unpaired) electrons. The quantitative estimate of drug-likeness (QED) is 0.542. The van der Waals surface area contributed by atoms with Gasteiger partial charge in [-0.15, -0.1) is 0 Å². The highest BCUT2D eigenvalue weighted by Crippen LogP contribution is 2.58. The maximum Gasteiger partial charge on any atom is 0.416 e. The third-order valence-electron chi connectivity index (χ3n) is 7.67. The number of benzene rings is 1. The van der Waals surface area contributed by atoms with Gasteiger partial charge >= 0.3 is 12.1 Å². The van der Waals surface area contributed by atoms with E-state index in [0.29, 0.717) is 28.7 Å². The Bertz CT molecular complexity index is 1240. The van der Waals surface area contributed by atoms with Crippen LogP contribution < -0.4 is 4.90 Å². The Morgan fingerprint density at radius 3 is 2.46 bits per heavy atom. The fraction of sp³-hybridized carbons (Fsp3) is 0.480. The van der Waals surface area contributed by atoms with Crippen molar-refractivity contribution < 1.29 is 27.8 Å². The van der Waals surface area contributed by atoms with Crippen LogP contribution in [0.2, 0.25) is 0 Å². The molecule has 3 heterocycles. The molecule has 1 saturated heterocycles. The summed E-state index contributed by atoms with van der Waals surface area (Å²) in [4.78, 5) is 25.3. The molecule has 0 spiro atoms. The lowest BCUT2D eigenvalue weighted by molar-refractivity contribution is -0.140. The first-order valence-electron chi connectivity index (χ1n) is 11.9. The Kier molecular flexibility index (Phi) is 5.24. The van der Waals surface area contributed by atoms with Crippen LogP contribution in [-0.2, 0) is 15.7 Å². The van der Waals surface area contributed by atoms with Gasteiger partial charge in [-0.25, -0.2) is 9.97 Å². The molecule has 3 aliphatic rings. The number of carbonyl (C=O) groups is 1. The molecule has 6 rings (SSSR count). The number of H-pyrrole nitrogens is 1. The summed E-state index contributed by atoms with van der Waals surface area (Å²) in [7, 11) is 0. The van der Waals surface area contributed by atoms with Crippen molar-refractivity contribution in [1.82, 2.24) is 15.0 Å². The standard InChI is InChI=1S/C25H25F3N4O3/c26-25(27,28)14-2-3-19-20(9-14)31-23(30-19)13-1-4-21(29-12-13)32-7-5-15(6-8-32)35-16-10-17-18(11-16)22(17)24(33)34/h1-4,9,12,15-18,22H,5-8,10-11H2,(H,30,31)(H,33,34)/t16-,17+,18-,22-. The fourth-order valence-electron chi connectivity index (χ4n) is 5.79. The molecule has 10 heteroatoms. The third kappa shape index (κ3) is 4.24. The van der Waals surface area contributed by atoms with Gasteiger partial charge in [0.1, 0.15) is 11.6 Å². The van der Waals surface area contributed by atoms with Crippen molar-refractivity contribution in [3.63, 3.8) is 0 Å². The molecule has 2 saturated carbocycles. The summed E-state index contributed by atoms with van der Waals surface area (Å²) < 4.78 is 45.2. The number of nitrogens with zero attached hydrogens (tertiary/aromatic N) is 3. The van der Waals surface area contributed by atoms with Crippen LogP contribution in [-0.4, -0.2) is 51.3 Å². The van der Waals surface area contributed by atoms with Crippen molar-refractivity contribution in [3.8, 4) is 11.4 Å². The predicted molar refractivity (Wildman–Crippen MR) is 122 cm³/mol. The minimum absolute atomic E-state index is 0.150. The number of hydrogen-bond acceptors (Lipinski definition) is 5. The van der Waals surface area contributed by atoms with E-state index in [1.54, 1.807) is 6.20 Å². The van der Waals surface area contributed by atoms with E-state index in [0.717, 1.165) is 56.7 Å². The van der Waals surface area contributed by atoms with E-state index < -0.39 is 17.7 Å². The summed E-state index contributed by atoms with van der Waals surface area (Å²) in [6.07, 6.45) is 1.17. The number of aromatic nitrogens is 3. The first-order chi connectivity index (χ1) is 16.8. The monoisotopic (exact) mass is 486 g/mol. The lowest BCUT2D eigenvalue weighted by atomic mass is 10.1. The van der Waals surface area contributed by atoms with Crippen LogP contribution in [0.25, 0.3) is 22.4 Å². The number of fused-ring (bicyclic) bond motifs is 2. The topological polar surface area (TPSA) is 91.3 Å². The molecular formula is C25H25F3N4O3. The highest BCUT2D eigenvalue weighted by Gasteiger charge is 2.60. The number of ether oxygens (including phenoxy) is 1. The normalized spacial score (nSPS) is 26.8. The average Bonchev–Trinajstić information content (AvgIpc) is 3.15. The van der Waals surface area contributed by atoms with E-state index >= 15 is 0 Å². The van der Waals surface area contributed by atoms with Crippen molar-refractivity contribution >= 4 is 22.8 Å². The minimum atomic E-state index is -4.41. The van der Waals surface area contributed by atoms with Crippen LogP contribution >= 0.6 is 0 Å². The molecule has 1 aromatic carbocycles. The summed E-state index contributed by atoms with van der Waals surface area (Å²) in [6.45, 7) is 1.64. The van der Waals surface area contributed by atoms with E-state index in [-0.39, 0.29) is 23.6 Å². The average molecular weight is 486 g/mol. The lowest BCUT2D eigenvalue weighted by Gasteiger charge is -2.34. The van der Waals surface area contributed by atoms with Gasteiger partial charge in [0.25, 0.3) is 0 Å². The van der Waals surface area contributed by atoms with Gasteiger partial charge in [-0.3, -0.25) is 4.79 Å². The van der Waals surface area contributed by atoms with Gasteiger partial charge in [-0.1, -0.05) is 0 Å². The summed E-state index contributed by atoms with van der Waals surface area (Å²) >= 11 is 0. The first-order valence-corrected chi connectivity index (χ1v) is 11.9. The zero-order valence-corrected chi connectivity index (χ0v) is 18.8. The highest BCUT2D eigenvalue weighted by atomic mass is 19.4. The number of pyridine rings is 1. The number of hydrogen-bond donors (Lipinski definition) is 2. The third-order valence-corrected chi connectivity index (χ3v) is 7.67. The molecular weight excluding hydrogens is 461 g/mol. The molecule has 0 amide bonds. The number of anilines is 1. The summed E-state index contributed by atoms with van der Waals surface area (Å²) in [5, 5.41) is 9.16. The number of alkyl halides is 3. The van der Waals surface area contributed by atoms with Crippen LogP contribution in [0.15, 0.2) is 36.5 Å². The molecule has 2 N–H and O–H groups in total. The molecule has 0 bridgehead atoms. The number of imidazole rings is 1. The van der Waals surface area contributed by atoms with Gasteiger partial charge in [-0.05, 0) is 67.9 Å². The molecule has 35 heavy (non-hydrogen) atoms. The van der Waals surface area contributed by atoms with Gasteiger partial charge in [0, 0.05) is 24.8 Å². The summed E-state index contributed by atoms with van der Waals surface area (Å²) in [5.74, 6) is 1.11. The van der Waals surface area contributed by atoms with Crippen molar-refractivity contribution in [2.24, 2.45) is 17.8 Å². The minimum Gasteiger partial charge on any atom is -0.481 e. The Balaban J connectivity index is 1.05. The number of carboxylic acids is 1. The second-order valence-electron chi connectivity index (χ2n) is 9.83. The zero-order chi connectivity index (χ0) is 24.3. The molecule has 2 aromatic heterocycles. The molecule has 3 fully saturated rings. The van der Waals surface area contributed by atoms with Crippen LogP contribution in [0, 0.1) is 17.8 Å². The van der Waals surface area contributed by atoms with Crippen molar-refractivity contribution in [1.29, 1.82) is 0 Å². The predicted octanol–water partition coefficient (Wildman–Crippen LogP) is 4.74. The Morgan fingerprint density at radius 1 is 1.09 bits per heavy atom. The second kappa shape index (κ2) is 8.22. The van der Waals surface area contributed by atoms with Crippen LogP contribution in [0.4, 0.5) is 19.0 Å². The van der Waals surface area contributed by atoms with Gasteiger partial charge < -0.3 is 19.7 Å². The Labute approximate surface area is 199 Å². The Hall–Kier alpha value is -3.14. The van der Waals surface area contributed by atoms with Crippen LogP contribution in [0.3, 0.4) is 0 Å². The number of piperidine rings is 1. The number of aliphatic carboxylic acids is 1. The van der Waals surface area contributed by atoms with Gasteiger partial charge in [-0.2, -0.15) is 13.2 Å². The van der Waals surface area contributed by atoms with E-state index in [2.05, 4.69) is 19.9 Å². The number of carboxylic acid groups (broad SMARTS) is 1. The number of aromatic amines is 1. The van der Waals surface area contributed by atoms with Gasteiger partial charge in [0.2, 0.25) is 0 Å².